The topological polar surface area (TPSA) is 39.2 Å². The van der Waals surface area contributed by atoms with Gasteiger partial charge < -0.3 is 4.74 Å². The molecule has 3 nitrogen and oxygen atoms in total. The molecule has 0 aliphatic carbocycles. The molecule has 0 amide bonds. The smallest absolute Gasteiger partial charge is 0.171 e. The van der Waals surface area contributed by atoms with Gasteiger partial charge >= 0.3 is 0 Å². The van der Waals surface area contributed by atoms with Gasteiger partial charge in [0.05, 0.1) is 17.0 Å². The second-order valence-corrected chi connectivity index (χ2v) is 4.81. The molecule has 2 aromatic rings. The third kappa shape index (κ3) is 2.91. The number of ether oxygens (including phenoxy) is 1. The number of carbonyl (C=O) groups is 1. The molecule has 0 bridgehead atoms. The Morgan fingerprint density at radius 2 is 2.06 bits per heavy atom. The number of carbonyl (C=O) groups excluding carboxylic acids is 1. The van der Waals surface area contributed by atoms with Crippen LogP contribution in [-0.4, -0.2) is 17.9 Å². The maximum atomic E-state index is 11.1. The maximum Gasteiger partial charge on any atom is 0.171 e. The summed E-state index contributed by atoms with van der Waals surface area (Å²) >= 11 is 1.45. The van der Waals surface area contributed by atoms with Crippen LogP contribution < -0.4 is 4.74 Å². The van der Waals surface area contributed by atoms with Gasteiger partial charge in [0.15, 0.2) is 5.78 Å². The van der Waals surface area contributed by atoms with Crippen molar-refractivity contribution in [2.45, 2.75) is 13.3 Å². The first-order valence-corrected chi connectivity index (χ1v) is 6.09. The van der Waals surface area contributed by atoms with Crippen molar-refractivity contribution >= 4 is 17.1 Å². The van der Waals surface area contributed by atoms with Crippen molar-refractivity contribution < 1.29 is 9.53 Å². The summed E-state index contributed by atoms with van der Waals surface area (Å²) in [4.78, 5) is 16.1. The number of aromatic nitrogens is 1. The Labute approximate surface area is 104 Å². The molecule has 4 heteroatoms. The minimum Gasteiger partial charge on any atom is -0.497 e. The molecule has 0 aliphatic heterocycles. The van der Waals surface area contributed by atoms with Gasteiger partial charge in [0.25, 0.3) is 0 Å². The molecule has 0 N–H and O–H groups in total. The van der Waals surface area contributed by atoms with Gasteiger partial charge in [-0.25, -0.2) is 4.98 Å². The zero-order valence-electron chi connectivity index (χ0n) is 9.77. The summed E-state index contributed by atoms with van der Waals surface area (Å²) in [5.74, 6) is 0.917. The third-order valence-corrected chi connectivity index (χ3v) is 3.51. The van der Waals surface area contributed by atoms with E-state index >= 15 is 0 Å². The van der Waals surface area contributed by atoms with Gasteiger partial charge in [-0.1, -0.05) is 12.1 Å². The van der Waals surface area contributed by atoms with E-state index in [0.717, 1.165) is 22.7 Å². The lowest BCUT2D eigenvalue weighted by Gasteiger charge is -2.01. The molecule has 0 saturated carbocycles. The summed E-state index contributed by atoms with van der Waals surface area (Å²) in [7, 11) is 1.65. The van der Waals surface area contributed by atoms with E-state index in [4.69, 9.17) is 4.74 Å². The Kier molecular flexibility index (Phi) is 3.54. The molecule has 0 atom stereocenters. The van der Waals surface area contributed by atoms with Crippen LogP contribution in [0, 0.1) is 0 Å². The number of nitrogens with zero attached hydrogens (tertiary/aromatic N) is 1. The SMILES string of the molecule is COc1ccc(Cc2ncc(C(C)=O)s2)cc1. The van der Waals surface area contributed by atoms with Gasteiger partial charge in [0.1, 0.15) is 5.75 Å². The van der Waals surface area contributed by atoms with Crippen LogP contribution in [0.15, 0.2) is 30.5 Å². The maximum absolute atomic E-state index is 11.1. The number of methoxy groups -OCH3 is 1. The van der Waals surface area contributed by atoms with E-state index in [-0.39, 0.29) is 5.78 Å². The predicted octanol–water partition coefficient (Wildman–Crippen LogP) is 2.95. The predicted molar refractivity (Wildman–Crippen MR) is 67.9 cm³/mol. The number of hydrogen-bond donors (Lipinski definition) is 0. The van der Waals surface area contributed by atoms with Crippen molar-refractivity contribution in [1.82, 2.24) is 4.98 Å². The van der Waals surface area contributed by atoms with Gasteiger partial charge in [-0.2, -0.15) is 0 Å². The summed E-state index contributed by atoms with van der Waals surface area (Å²) in [6.45, 7) is 1.56. The quantitative estimate of drug-likeness (QED) is 0.780. The highest BCUT2D eigenvalue weighted by atomic mass is 32.1. The Bertz CT molecular complexity index is 516. The zero-order chi connectivity index (χ0) is 12.3. The van der Waals surface area contributed by atoms with E-state index in [1.165, 1.54) is 11.3 Å². The fourth-order valence-electron chi connectivity index (χ4n) is 1.47. The molecule has 0 spiro atoms. The van der Waals surface area contributed by atoms with Crippen LogP contribution in [0.3, 0.4) is 0 Å². The van der Waals surface area contributed by atoms with Gasteiger partial charge in [0, 0.05) is 19.5 Å². The average Bonchev–Trinajstić information content (AvgIpc) is 2.79. The molecule has 0 fully saturated rings. The summed E-state index contributed by atoms with van der Waals surface area (Å²) in [5.41, 5.74) is 1.16. The molecule has 0 unspecified atom stereocenters. The molecule has 0 aliphatic rings. The van der Waals surface area contributed by atoms with Crippen molar-refractivity contribution in [2.75, 3.05) is 7.11 Å². The second kappa shape index (κ2) is 5.10. The van der Waals surface area contributed by atoms with E-state index in [9.17, 15) is 4.79 Å². The zero-order valence-corrected chi connectivity index (χ0v) is 10.6. The van der Waals surface area contributed by atoms with Gasteiger partial charge in [0.2, 0.25) is 0 Å². The van der Waals surface area contributed by atoms with E-state index in [1.54, 1.807) is 20.2 Å². The summed E-state index contributed by atoms with van der Waals surface area (Å²) < 4.78 is 5.10. The third-order valence-electron chi connectivity index (χ3n) is 2.41. The van der Waals surface area contributed by atoms with E-state index in [0.29, 0.717) is 4.88 Å². The van der Waals surface area contributed by atoms with Crippen LogP contribution in [-0.2, 0) is 6.42 Å². The number of benzene rings is 1. The van der Waals surface area contributed by atoms with Crippen LogP contribution in [0.25, 0.3) is 0 Å². The van der Waals surface area contributed by atoms with Crippen molar-refractivity contribution in [3.05, 3.63) is 45.9 Å². The van der Waals surface area contributed by atoms with Crippen molar-refractivity contribution in [2.24, 2.45) is 0 Å². The van der Waals surface area contributed by atoms with Crippen LogP contribution in [0.1, 0.15) is 27.2 Å². The molecule has 1 aromatic heterocycles. The number of ketones is 1. The number of rotatable bonds is 4. The highest BCUT2D eigenvalue weighted by Crippen LogP contribution is 2.19. The largest absolute Gasteiger partial charge is 0.497 e. The molecule has 0 radical (unpaired) electrons. The molecular weight excluding hydrogens is 234 g/mol. The number of Topliss-reactive ketones (excluding diaryl/α,β-unsaturated/α-hetero) is 1. The summed E-state index contributed by atoms with van der Waals surface area (Å²) in [5, 5.41) is 0.959. The molecule has 0 saturated heterocycles. The van der Waals surface area contributed by atoms with Gasteiger partial charge in [-0.15, -0.1) is 11.3 Å². The average molecular weight is 247 g/mol. The second-order valence-electron chi connectivity index (χ2n) is 3.70. The first kappa shape index (κ1) is 11.8. The first-order valence-electron chi connectivity index (χ1n) is 5.27. The van der Waals surface area contributed by atoms with Gasteiger partial charge in [-0.3, -0.25) is 4.79 Å². The Morgan fingerprint density at radius 1 is 1.35 bits per heavy atom. The Hall–Kier alpha value is -1.68. The Balaban J connectivity index is 2.11. The highest BCUT2D eigenvalue weighted by Gasteiger charge is 2.06. The normalized spacial score (nSPS) is 10.2. The van der Waals surface area contributed by atoms with Crippen LogP contribution in [0.2, 0.25) is 0 Å². The van der Waals surface area contributed by atoms with Crippen LogP contribution >= 0.6 is 11.3 Å². The summed E-state index contributed by atoms with van der Waals surface area (Å²) in [6.07, 6.45) is 2.40. The van der Waals surface area contributed by atoms with Crippen molar-refractivity contribution in [1.29, 1.82) is 0 Å². The van der Waals surface area contributed by atoms with Crippen LogP contribution in [0.5, 0.6) is 5.75 Å². The highest BCUT2D eigenvalue weighted by molar-refractivity contribution is 7.13. The monoisotopic (exact) mass is 247 g/mol. The number of hydrogen-bond acceptors (Lipinski definition) is 4. The molecular formula is C13H13NO2S. The lowest BCUT2D eigenvalue weighted by molar-refractivity contribution is 0.102. The number of thiazole rings is 1. The van der Waals surface area contributed by atoms with E-state index in [2.05, 4.69) is 4.98 Å². The van der Waals surface area contributed by atoms with Crippen molar-refractivity contribution in [3.63, 3.8) is 0 Å². The van der Waals surface area contributed by atoms with E-state index < -0.39 is 0 Å². The van der Waals surface area contributed by atoms with E-state index in [1.807, 2.05) is 24.3 Å². The van der Waals surface area contributed by atoms with Crippen molar-refractivity contribution in [3.8, 4) is 5.75 Å². The summed E-state index contributed by atoms with van der Waals surface area (Å²) in [6, 6.07) is 7.87. The lowest BCUT2D eigenvalue weighted by atomic mass is 10.1. The lowest BCUT2D eigenvalue weighted by Crippen LogP contribution is -1.87. The minimum atomic E-state index is 0.0727. The molecule has 1 aromatic carbocycles. The van der Waals surface area contributed by atoms with Crippen LogP contribution in [0.4, 0.5) is 0 Å². The molecule has 2 rings (SSSR count). The first-order chi connectivity index (χ1) is 8.19. The fourth-order valence-corrected chi connectivity index (χ4v) is 2.32. The fraction of sp³-hybridized carbons (Fsp3) is 0.231. The Morgan fingerprint density at radius 3 is 2.59 bits per heavy atom. The standard InChI is InChI=1S/C13H13NO2S/c1-9(15)12-8-14-13(17-12)7-10-3-5-11(16-2)6-4-10/h3-6,8H,7H2,1-2H3. The minimum absolute atomic E-state index is 0.0727. The molecule has 1 heterocycles. The van der Waals surface area contributed by atoms with Gasteiger partial charge in [-0.05, 0) is 17.7 Å². The molecule has 88 valence electrons. The molecule has 17 heavy (non-hydrogen) atoms.